The number of carbonyl (C=O) groups excluding carboxylic acids is 1. The van der Waals surface area contributed by atoms with Crippen molar-refractivity contribution in [2.24, 2.45) is 0 Å². The van der Waals surface area contributed by atoms with Crippen molar-refractivity contribution >= 4 is 45.8 Å². The molecule has 1 saturated carbocycles. The molecule has 0 aliphatic heterocycles. The van der Waals surface area contributed by atoms with E-state index in [1.54, 1.807) is 6.07 Å². The first-order valence-corrected chi connectivity index (χ1v) is 11.5. The molecule has 1 aliphatic rings. The second-order valence-corrected chi connectivity index (χ2v) is 8.76. The van der Waals surface area contributed by atoms with Gasteiger partial charge in [-0.2, -0.15) is 0 Å². The molecule has 0 bridgehead atoms. The van der Waals surface area contributed by atoms with Crippen LogP contribution in [0, 0.1) is 0 Å². The van der Waals surface area contributed by atoms with E-state index in [-0.39, 0.29) is 5.91 Å². The Bertz CT molecular complexity index is 1070. The van der Waals surface area contributed by atoms with Crippen molar-refractivity contribution < 1.29 is 4.79 Å². The summed E-state index contributed by atoms with van der Waals surface area (Å²) in [5, 5.41) is 4.93. The van der Waals surface area contributed by atoms with Crippen LogP contribution in [0.1, 0.15) is 37.6 Å². The summed E-state index contributed by atoms with van der Waals surface area (Å²) in [6, 6.07) is 14.2. The van der Waals surface area contributed by atoms with Gasteiger partial charge in [0.2, 0.25) is 5.91 Å². The molecule has 4 rings (SSSR count). The van der Waals surface area contributed by atoms with Gasteiger partial charge < -0.3 is 10.2 Å². The lowest BCUT2D eigenvalue weighted by Gasteiger charge is -2.26. The first kappa shape index (κ1) is 21.8. The predicted molar refractivity (Wildman–Crippen MR) is 127 cm³/mol. The van der Waals surface area contributed by atoms with Gasteiger partial charge in [0.15, 0.2) is 0 Å². The van der Waals surface area contributed by atoms with Crippen molar-refractivity contribution in [3.63, 3.8) is 0 Å². The van der Waals surface area contributed by atoms with Gasteiger partial charge in [0, 0.05) is 42.4 Å². The Morgan fingerprint density at radius 2 is 1.90 bits per heavy atom. The third kappa shape index (κ3) is 5.66. The summed E-state index contributed by atoms with van der Waals surface area (Å²) in [4.78, 5) is 24.0. The number of aromatic nitrogens is 2. The third-order valence-electron chi connectivity index (χ3n) is 5.43. The summed E-state index contributed by atoms with van der Waals surface area (Å²) in [7, 11) is 0. The lowest BCUT2D eigenvalue weighted by molar-refractivity contribution is -0.121. The molecule has 0 unspecified atom stereocenters. The van der Waals surface area contributed by atoms with E-state index in [9.17, 15) is 4.79 Å². The Morgan fingerprint density at radius 3 is 2.61 bits per heavy atom. The number of nitrogens with one attached hydrogen (secondary N) is 1. The zero-order valence-electron chi connectivity index (χ0n) is 17.6. The third-order valence-corrected chi connectivity index (χ3v) is 5.93. The summed E-state index contributed by atoms with van der Waals surface area (Å²) in [5.41, 5.74) is 1.93. The van der Waals surface area contributed by atoms with Gasteiger partial charge in [-0.1, -0.05) is 60.5 Å². The number of nitrogens with zero attached hydrogens (tertiary/aromatic N) is 3. The second-order valence-electron chi connectivity index (χ2n) is 7.92. The second kappa shape index (κ2) is 9.84. The van der Waals surface area contributed by atoms with Crippen LogP contribution in [0.25, 0.3) is 10.9 Å². The average molecular weight is 457 g/mol. The summed E-state index contributed by atoms with van der Waals surface area (Å²) in [6.07, 6.45) is 4.10. The van der Waals surface area contributed by atoms with Crippen molar-refractivity contribution in [2.45, 2.75) is 45.1 Å². The van der Waals surface area contributed by atoms with Crippen LogP contribution in [0.5, 0.6) is 0 Å². The fourth-order valence-corrected chi connectivity index (χ4v) is 4.12. The van der Waals surface area contributed by atoms with E-state index in [4.69, 9.17) is 28.2 Å². The quantitative estimate of drug-likeness (QED) is 0.479. The highest BCUT2D eigenvalue weighted by atomic mass is 35.5. The maximum atomic E-state index is 12.4. The smallest absolute Gasteiger partial charge is 0.221 e. The molecule has 162 valence electrons. The van der Waals surface area contributed by atoms with E-state index >= 15 is 0 Å². The highest BCUT2D eigenvalue weighted by molar-refractivity contribution is 6.38. The SMILES string of the molecule is CCc1nc(N(CCC(=O)NC2CC2)CCc2ccccc2)c2cc(Cl)cc(Cl)c2n1. The number of aryl methyl sites for hydroxylation is 1. The van der Waals surface area contributed by atoms with Gasteiger partial charge in [-0.15, -0.1) is 0 Å². The molecule has 1 aromatic heterocycles. The standard InChI is InChI=1S/C24H26Cl2N4O/c1-2-21-28-23-19(14-17(25)15-20(23)26)24(29-21)30(12-10-16-6-4-3-5-7-16)13-11-22(31)27-18-8-9-18/h3-7,14-15,18H,2,8-13H2,1H3,(H,27,31). The maximum Gasteiger partial charge on any atom is 0.221 e. The van der Waals surface area contributed by atoms with Gasteiger partial charge in [-0.05, 0) is 37.0 Å². The minimum Gasteiger partial charge on any atom is -0.355 e. The number of fused-ring (bicyclic) bond motifs is 1. The van der Waals surface area contributed by atoms with Crippen LogP contribution in [-0.4, -0.2) is 35.0 Å². The number of rotatable bonds is 9. The molecule has 0 atom stereocenters. The predicted octanol–water partition coefficient (Wildman–Crippen LogP) is 5.22. The number of hydrogen-bond donors (Lipinski definition) is 1. The first-order valence-electron chi connectivity index (χ1n) is 10.8. The van der Waals surface area contributed by atoms with Gasteiger partial charge in [0.05, 0.1) is 10.5 Å². The number of hydrogen-bond acceptors (Lipinski definition) is 4. The van der Waals surface area contributed by atoms with Crippen LogP contribution in [0.3, 0.4) is 0 Å². The van der Waals surface area contributed by atoms with Crippen LogP contribution < -0.4 is 10.2 Å². The molecule has 0 radical (unpaired) electrons. The zero-order chi connectivity index (χ0) is 21.8. The lowest BCUT2D eigenvalue weighted by atomic mass is 10.1. The number of anilines is 1. The molecule has 1 aliphatic carbocycles. The Hall–Kier alpha value is -2.37. The van der Waals surface area contributed by atoms with Crippen molar-refractivity contribution in [3.05, 3.63) is 63.9 Å². The highest BCUT2D eigenvalue weighted by Gasteiger charge is 2.24. The summed E-state index contributed by atoms with van der Waals surface area (Å²) in [6.45, 7) is 3.30. The van der Waals surface area contributed by atoms with Crippen LogP contribution in [0.4, 0.5) is 5.82 Å². The number of benzene rings is 2. The van der Waals surface area contributed by atoms with Gasteiger partial charge in [-0.25, -0.2) is 9.97 Å². The van der Waals surface area contributed by atoms with Gasteiger partial charge in [0.25, 0.3) is 0 Å². The Kier molecular flexibility index (Phi) is 6.93. The topological polar surface area (TPSA) is 58.1 Å². The summed E-state index contributed by atoms with van der Waals surface area (Å²) < 4.78 is 0. The number of halogens is 2. The summed E-state index contributed by atoms with van der Waals surface area (Å²) in [5.74, 6) is 1.58. The molecule has 1 N–H and O–H groups in total. The molecule has 1 fully saturated rings. The van der Waals surface area contributed by atoms with Crippen LogP contribution in [0.15, 0.2) is 42.5 Å². The molecular weight excluding hydrogens is 431 g/mol. The van der Waals surface area contributed by atoms with E-state index in [1.165, 1.54) is 5.56 Å². The molecule has 3 aromatic rings. The molecular formula is C24H26Cl2N4O. The van der Waals surface area contributed by atoms with Crippen LogP contribution >= 0.6 is 23.2 Å². The first-order chi connectivity index (χ1) is 15.0. The van der Waals surface area contributed by atoms with Crippen LogP contribution in [0.2, 0.25) is 10.0 Å². The molecule has 0 saturated heterocycles. The van der Waals surface area contributed by atoms with Crippen molar-refractivity contribution in [3.8, 4) is 0 Å². The average Bonchev–Trinajstić information content (AvgIpc) is 3.58. The van der Waals surface area contributed by atoms with Crippen molar-refractivity contribution in [1.29, 1.82) is 0 Å². The molecule has 2 aromatic carbocycles. The molecule has 0 spiro atoms. The fraction of sp³-hybridized carbons (Fsp3) is 0.375. The Morgan fingerprint density at radius 1 is 1.13 bits per heavy atom. The molecule has 1 amide bonds. The molecule has 1 heterocycles. The minimum absolute atomic E-state index is 0.0809. The van der Waals surface area contributed by atoms with Gasteiger partial charge >= 0.3 is 0 Å². The zero-order valence-corrected chi connectivity index (χ0v) is 19.1. The fourth-order valence-electron chi connectivity index (χ4n) is 3.58. The van der Waals surface area contributed by atoms with Crippen LogP contribution in [-0.2, 0) is 17.6 Å². The van der Waals surface area contributed by atoms with Gasteiger partial charge in [0.1, 0.15) is 11.6 Å². The summed E-state index contributed by atoms with van der Waals surface area (Å²) >= 11 is 12.8. The van der Waals surface area contributed by atoms with Gasteiger partial charge in [-0.3, -0.25) is 4.79 Å². The Balaban J connectivity index is 1.66. The van der Waals surface area contributed by atoms with E-state index < -0.39 is 0 Å². The normalized spacial score (nSPS) is 13.4. The number of amides is 1. The minimum atomic E-state index is 0.0809. The largest absolute Gasteiger partial charge is 0.355 e. The van der Waals surface area contributed by atoms with E-state index in [0.717, 1.165) is 42.8 Å². The lowest BCUT2D eigenvalue weighted by Crippen LogP contribution is -2.34. The van der Waals surface area contributed by atoms with E-state index in [0.29, 0.717) is 41.0 Å². The maximum absolute atomic E-state index is 12.4. The van der Waals surface area contributed by atoms with E-state index in [2.05, 4.69) is 27.3 Å². The number of carbonyl (C=O) groups is 1. The Labute approximate surface area is 192 Å². The monoisotopic (exact) mass is 456 g/mol. The van der Waals surface area contributed by atoms with E-state index in [1.807, 2.05) is 31.2 Å². The highest BCUT2D eigenvalue weighted by Crippen LogP contribution is 2.32. The molecule has 5 nitrogen and oxygen atoms in total. The van der Waals surface area contributed by atoms with Crippen molar-refractivity contribution in [1.82, 2.24) is 15.3 Å². The van der Waals surface area contributed by atoms with Crippen molar-refractivity contribution in [2.75, 3.05) is 18.0 Å². The molecule has 7 heteroatoms. The molecule has 31 heavy (non-hydrogen) atoms.